The first-order chi connectivity index (χ1) is 10.3. The minimum absolute atomic E-state index is 0.0757. The lowest BCUT2D eigenvalue weighted by atomic mass is 9.84. The number of pyridine rings is 1. The van der Waals surface area contributed by atoms with Crippen molar-refractivity contribution in [1.29, 1.82) is 0 Å². The van der Waals surface area contributed by atoms with Gasteiger partial charge in [-0.2, -0.15) is 13.2 Å². The van der Waals surface area contributed by atoms with E-state index in [2.05, 4.69) is 10.3 Å². The van der Waals surface area contributed by atoms with Gasteiger partial charge in [-0.25, -0.2) is 4.98 Å². The van der Waals surface area contributed by atoms with Crippen LogP contribution in [0.15, 0.2) is 18.3 Å². The zero-order valence-corrected chi connectivity index (χ0v) is 12.7. The zero-order chi connectivity index (χ0) is 16.3. The Morgan fingerprint density at radius 2 is 1.95 bits per heavy atom. The molecule has 1 amide bonds. The third-order valence-corrected chi connectivity index (χ3v) is 3.97. The van der Waals surface area contributed by atoms with Gasteiger partial charge in [0, 0.05) is 26.3 Å². The summed E-state index contributed by atoms with van der Waals surface area (Å²) in [6.07, 6.45) is -1.20. The van der Waals surface area contributed by atoms with E-state index in [-0.39, 0.29) is 12.0 Å². The van der Waals surface area contributed by atoms with E-state index >= 15 is 0 Å². The van der Waals surface area contributed by atoms with Crippen LogP contribution < -0.4 is 10.2 Å². The van der Waals surface area contributed by atoms with E-state index < -0.39 is 24.0 Å². The molecule has 1 heterocycles. The van der Waals surface area contributed by atoms with Crippen molar-refractivity contribution >= 4 is 11.7 Å². The lowest BCUT2D eigenvalue weighted by Gasteiger charge is -2.33. The van der Waals surface area contributed by atoms with Crippen LogP contribution in [-0.2, 0) is 0 Å². The Bertz CT molecular complexity index is 514. The highest BCUT2D eigenvalue weighted by Gasteiger charge is 2.45. The van der Waals surface area contributed by atoms with Crippen molar-refractivity contribution in [2.24, 2.45) is 5.92 Å². The van der Waals surface area contributed by atoms with Crippen molar-refractivity contribution in [2.75, 3.05) is 19.0 Å². The summed E-state index contributed by atoms with van der Waals surface area (Å²) in [5, 5.41) is 2.53. The molecule has 2 rings (SSSR count). The number of nitrogens with zero attached hydrogens (tertiary/aromatic N) is 2. The molecule has 0 bridgehead atoms. The SMILES string of the molecule is CN(C)c1ccc(C(=O)N[C@@H]2CCCC[C@@H]2C(F)(F)F)cn1. The zero-order valence-electron chi connectivity index (χ0n) is 12.7. The third-order valence-electron chi connectivity index (χ3n) is 3.97. The predicted molar refractivity (Wildman–Crippen MR) is 77.8 cm³/mol. The van der Waals surface area contributed by atoms with Crippen molar-refractivity contribution < 1.29 is 18.0 Å². The lowest BCUT2D eigenvalue weighted by Crippen LogP contribution is -2.47. The van der Waals surface area contributed by atoms with Gasteiger partial charge >= 0.3 is 6.18 Å². The average molecular weight is 315 g/mol. The van der Waals surface area contributed by atoms with Crippen molar-refractivity contribution in [2.45, 2.75) is 37.9 Å². The summed E-state index contributed by atoms with van der Waals surface area (Å²) in [5.41, 5.74) is 0.275. The standard InChI is InChI=1S/C15H20F3N3O/c1-21(2)13-8-7-10(9-19-13)14(22)20-12-6-4-3-5-11(12)15(16,17)18/h7-9,11-12H,3-6H2,1-2H3,(H,20,22)/t11-,12+/m0/s1. The second-order valence-electron chi connectivity index (χ2n) is 5.81. The van der Waals surface area contributed by atoms with Crippen molar-refractivity contribution in [1.82, 2.24) is 10.3 Å². The Morgan fingerprint density at radius 1 is 1.27 bits per heavy atom. The van der Waals surface area contributed by atoms with Crippen molar-refractivity contribution in [3.63, 3.8) is 0 Å². The first-order valence-electron chi connectivity index (χ1n) is 7.30. The van der Waals surface area contributed by atoms with Crippen LogP contribution in [0.3, 0.4) is 0 Å². The minimum Gasteiger partial charge on any atom is -0.363 e. The fraction of sp³-hybridized carbons (Fsp3) is 0.600. The molecule has 0 spiro atoms. The smallest absolute Gasteiger partial charge is 0.363 e. The van der Waals surface area contributed by atoms with Gasteiger partial charge in [0.1, 0.15) is 5.82 Å². The van der Waals surface area contributed by atoms with E-state index in [9.17, 15) is 18.0 Å². The lowest BCUT2D eigenvalue weighted by molar-refractivity contribution is -0.187. The number of rotatable bonds is 3. The Labute approximate surface area is 127 Å². The molecule has 1 aromatic rings. The molecule has 0 radical (unpaired) electrons. The molecule has 1 aromatic heterocycles. The Morgan fingerprint density at radius 3 is 2.50 bits per heavy atom. The fourth-order valence-corrected chi connectivity index (χ4v) is 2.73. The summed E-state index contributed by atoms with van der Waals surface area (Å²) in [7, 11) is 3.63. The highest BCUT2D eigenvalue weighted by atomic mass is 19.4. The number of alkyl halides is 3. The fourth-order valence-electron chi connectivity index (χ4n) is 2.73. The second-order valence-corrected chi connectivity index (χ2v) is 5.81. The number of amides is 1. The van der Waals surface area contributed by atoms with E-state index in [0.29, 0.717) is 25.1 Å². The van der Waals surface area contributed by atoms with Crippen LogP contribution >= 0.6 is 0 Å². The summed E-state index contributed by atoms with van der Waals surface area (Å²) in [4.78, 5) is 18.0. The van der Waals surface area contributed by atoms with E-state index in [1.54, 1.807) is 17.0 Å². The Hall–Kier alpha value is -1.79. The van der Waals surface area contributed by atoms with Gasteiger partial charge in [-0.3, -0.25) is 4.79 Å². The van der Waals surface area contributed by atoms with Crippen LogP contribution in [0.4, 0.5) is 19.0 Å². The molecule has 1 N–H and O–H groups in total. The highest BCUT2D eigenvalue weighted by Crippen LogP contribution is 2.37. The molecular formula is C15H20F3N3O. The molecule has 1 saturated carbocycles. The summed E-state index contributed by atoms with van der Waals surface area (Å²) in [5.74, 6) is -1.28. The number of nitrogens with one attached hydrogen (secondary N) is 1. The molecule has 22 heavy (non-hydrogen) atoms. The van der Waals surface area contributed by atoms with Crippen LogP contribution in [0, 0.1) is 5.92 Å². The summed E-state index contributed by atoms with van der Waals surface area (Å²) >= 11 is 0. The molecular weight excluding hydrogens is 295 g/mol. The number of anilines is 1. The maximum absolute atomic E-state index is 13.0. The van der Waals surface area contributed by atoms with Gasteiger partial charge in [-0.15, -0.1) is 0 Å². The molecule has 0 aliphatic heterocycles. The third kappa shape index (κ3) is 3.90. The monoisotopic (exact) mass is 315 g/mol. The van der Waals surface area contributed by atoms with E-state index in [0.717, 1.165) is 0 Å². The van der Waals surface area contributed by atoms with Crippen molar-refractivity contribution in [3.8, 4) is 0 Å². The van der Waals surface area contributed by atoms with E-state index in [4.69, 9.17) is 0 Å². The average Bonchev–Trinajstić information content (AvgIpc) is 2.46. The summed E-state index contributed by atoms with van der Waals surface area (Å²) in [6, 6.07) is 2.38. The molecule has 1 aliphatic carbocycles. The molecule has 1 aliphatic rings. The number of halogens is 3. The summed E-state index contributed by atoms with van der Waals surface area (Å²) in [6.45, 7) is 0. The molecule has 0 unspecified atom stereocenters. The first-order valence-corrected chi connectivity index (χ1v) is 7.30. The molecule has 122 valence electrons. The van der Waals surface area contributed by atoms with Crippen LogP contribution in [0.1, 0.15) is 36.0 Å². The van der Waals surface area contributed by atoms with Crippen molar-refractivity contribution in [3.05, 3.63) is 23.9 Å². The van der Waals surface area contributed by atoms with Gasteiger partial charge in [0.25, 0.3) is 5.91 Å². The van der Waals surface area contributed by atoms with Gasteiger partial charge in [-0.1, -0.05) is 12.8 Å². The van der Waals surface area contributed by atoms with E-state index in [1.807, 2.05) is 14.1 Å². The molecule has 0 aromatic carbocycles. The second kappa shape index (κ2) is 6.54. The van der Waals surface area contributed by atoms with E-state index in [1.165, 1.54) is 6.20 Å². The van der Waals surface area contributed by atoms with Crippen LogP contribution in [0.25, 0.3) is 0 Å². The quantitative estimate of drug-likeness (QED) is 0.932. The van der Waals surface area contributed by atoms with Gasteiger partial charge in [0.2, 0.25) is 0 Å². The topological polar surface area (TPSA) is 45.2 Å². The summed E-state index contributed by atoms with van der Waals surface area (Å²) < 4.78 is 39.1. The molecule has 1 fully saturated rings. The maximum Gasteiger partial charge on any atom is 0.393 e. The number of hydrogen-bond acceptors (Lipinski definition) is 3. The molecule has 4 nitrogen and oxygen atoms in total. The van der Waals surface area contributed by atoms with Gasteiger partial charge in [-0.05, 0) is 25.0 Å². The number of carbonyl (C=O) groups excluding carboxylic acids is 1. The molecule has 7 heteroatoms. The normalized spacial score (nSPS) is 22.2. The highest BCUT2D eigenvalue weighted by molar-refractivity contribution is 5.94. The van der Waals surface area contributed by atoms with Crippen LogP contribution in [-0.4, -0.2) is 37.2 Å². The molecule has 0 saturated heterocycles. The number of hydrogen-bond donors (Lipinski definition) is 1. The maximum atomic E-state index is 13.0. The van der Waals surface area contributed by atoms with Gasteiger partial charge in [0.05, 0.1) is 11.5 Å². The largest absolute Gasteiger partial charge is 0.393 e. The minimum atomic E-state index is -4.27. The number of carbonyl (C=O) groups is 1. The predicted octanol–water partition coefficient (Wildman–Crippen LogP) is 3.00. The Balaban J connectivity index is 2.06. The van der Waals surface area contributed by atoms with Gasteiger partial charge < -0.3 is 10.2 Å². The molecule has 2 atom stereocenters. The van der Waals surface area contributed by atoms with Gasteiger partial charge in [0.15, 0.2) is 0 Å². The van der Waals surface area contributed by atoms with Crippen LogP contribution in [0.2, 0.25) is 0 Å². The Kier molecular flexibility index (Phi) is 4.93. The van der Waals surface area contributed by atoms with Crippen LogP contribution in [0.5, 0.6) is 0 Å². The number of aromatic nitrogens is 1. The first kappa shape index (κ1) is 16.6.